The highest BCUT2D eigenvalue weighted by atomic mass is 35.5. The monoisotopic (exact) mass is 391 g/mol. The minimum Gasteiger partial charge on any atom is -0.483 e. The van der Waals surface area contributed by atoms with Crippen molar-refractivity contribution in [3.63, 3.8) is 0 Å². The van der Waals surface area contributed by atoms with Gasteiger partial charge in [0.05, 0.1) is 15.7 Å². The maximum absolute atomic E-state index is 12.0. The first kappa shape index (κ1) is 18.5. The first-order valence-corrected chi connectivity index (χ1v) is 8.98. The van der Waals surface area contributed by atoms with Crippen LogP contribution >= 0.6 is 23.2 Å². The SMILES string of the molecule is Cc1cccc(C)c1OCC(=O)NCCc1cn2cc(Cl)cc(Cl)c2n1. The molecule has 1 N–H and O–H groups in total. The van der Waals surface area contributed by atoms with Crippen LogP contribution in [0.2, 0.25) is 10.0 Å². The lowest BCUT2D eigenvalue weighted by Gasteiger charge is -2.11. The number of carbonyl (C=O) groups excluding carboxylic acids is 1. The molecule has 0 radical (unpaired) electrons. The van der Waals surface area contributed by atoms with Gasteiger partial charge in [0.2, 0.25) is 0 Å². The average Bonchev–Trinajstić information content (AvgIpc) is 2.97. The molecule has 2 aromatic heterocycles. The van der Waals surface area contributed by atoms with Crippen LogP contribution in [-0.2, 0) is 11.2 Å². The molecule has 0 aliphatic heterocycles. The van der Waals surface area contributed by atoms with E-state index in [1.807, 2.05) is 38.2 Å². The Balaban J connectivity index is 1.52. The molecular formula is C19H19Cl2N3O2. The summed E-state index contributed by atoms with van der Waals surface area (Å²) in [5.41, 5.74) is 3.50. The van der Waals surface area contributed by atoms with Gasteiger partial charge >= 0.3 is 0 Å². The summed E-state index contributed by atoms with van der Waals surface area (Å²) in [6.45, 7) is 4.37. The predicted octanol–water partition coefficient (Wildman–Crippen LogP) is 4.00. The lowest BCUT2D eigenvalue weighted by molar-refractivity contribution is -0.123. The lowest BCUT2D eigenvalue weighted by Crippen LogP contribution is -2.30. The molecular weight excluding hydrogens is 373 g/mol. The third-order valence-electron chi connectivity index (χ3n) is 3.98. The van der Waals surface area contributed by atoms with E-state index in [1.165, 1.54) is 0 Å². The second-order valence-electron chi connectivity index (χ2n) is 6.08. The fraction of sp³-hybridized carbons (Fsp3) is 0.263. The van der Waals surface area contributed by atoms with Crippen LogP contribution in [0, 0.1) is 13.8 Å². The molecule has 0 fully saturated rings. The molecule has 2 heterocycles. The Labute approximate surface area is 161 Å². The van der Waals surface area contributed by atoms with E-state index in [4.69, 9.17) is 27.9 Å². The van der Waals surface area contributed by atoms with Crippen LogP contribution in [0.5, 0.6) is 5.75 Å². The quantitative estimate of drug-likeness (QED) is 0.690. The zero-order chi connectivity index (χ0) is 18.7. The van der Waals surface area contributed by atoms with Crippen molar-refractivity contribution in [2.75, 3.05) is 13.2 Å². The Hall–Kier alpha value is -2.24. The number of aryl methyl sites for hydroxylation is 2. The van der Waals surface area contributed by atoms with Gasteiger partial charge in [-0.05, 0) is 31.0 Å². The third kappa shape index (κ3) is 4.29. The van der Waals surface area contributed by atoms with E-state index in [1.54, 1.807) is 16.7 Å². The number of benzene rings is 1. The Morgan fingerprint density at radius 3 is 2.69 bits per heavy atom. The third-order valence-corrected chi connectivity index (χ3v) is 4.47. The number of carbonyl (C=O) groups is 1. The minimum absolute atomic E-state index is 0.0156. The van der Waals surface area contributed by atoms with Gasteiger partial charge in [-0.15, -0.1) is 0 Å². The van der Waals surface area contributed by atoms with Crippen molar-refractivity contribution in [2.24, 2.45) is 0 Å². The number of nitrogens with zero attached hydrogens (tertiary/aromatic N) is 2. The summed E-state index contributed by atoms with van der Waals surface area (Å²) in [6, 6.07) is 7.54. The number of para-hydroxylation sites is 1. The summed E-state index contributed by atoms with van der Waals surface area (Å²) in [4.78, 5) is 16.5. The van der Waals surface area contributed by atoms with Gasteiger partial charge < -0.3 is 14.5 Å². The van der Waals surface area contributed by atoms with Gasteiger partial charge in [0.15, 0.2) is 12.3 Å². The van der Waals surface area contributed by atoms with Crippen LogP contribution in [0.3, 0.4) is 0 Å². The van der Waals surface area contributed by atoms with Gasteiger partial charge in [0.25, 0.3) is 5.91 Å². The number of ether oxygens (including phenoxy) is 1. The Kier molecular flexibility index (Phi) is 5.69. The first-order valence-electron chi connectivity index (χ1n) is 8.22. The summed E-state index contributed by atoms with van der Waals surface area (Å²) in [6.07, 6.45) is 4.19. The maximum atomic E-state index is 12.0. The number of rotatable bonds is 6. The molecule has 0 unspecified atom stereocenters. The van der Waals surface area contributed by atoms with Crippen molar-refractivity contribution >= 4 is 34.8 Å². The second kappa shape index (κ2) is 7.98. The number of amides is 1. The molecule has 0 aliphatic rings. The Morgan fingerprint density at radius 1 is 1.23 bits per heavy atom. The molecule has 3 aromatic rings. The van der Waals surface area contributed by atoms with E-state index in [0.29, 0.717) is 28.7 Å². The summed E-state index contributed by atoms with van der Waals surface area (Å²) in [5.74, 6) is 0.590. The number of aromatic nitrogens is 2. The number of fused-ring (bicyclic) bond motifs is 1. The molecule has 1 aromatic carbocycles. The number of halogens is 2. The first-order chi connectivity index (χ1) is 12.4. The van der Waals surface area contributed by atoms with Crippen molar-refractivity contribution in [3.05, 3.63) is 63.5 Å². The van der Waals surface area contributed by atoms with Crippen LogP contribution < -0.4 is 10.1 Å². The number of hydrogen-bond donors (Lipinski definition) is 1. The zero-order valence-corrected chi connectivity index (χ0v) is 16.1. The van der Waals surface area contributed by atoms with E-state index in [-0.39, 0.29) is 12.5 Å². The van der Waals surface area contributed by atoms with E-state index in [9.17, 15) is 4.79 Å². The van der Waals surface area contributed by atoms with Gasteiger partial charge in [0, 0.05) is 25.4 Å². The van der Waals surface area contributed by atoms with Gasteiger partial charge in [-0.1, -0.05) is 41.4 Å². The second-order valence-corrected chi connectivity index (χ2v) is 6.92. The minimum atomic E-state index is -0.169. The summed E-state index contributed by atoms with van der Waals surface area (Å²) < 4.78 is 7.43. The van der Waals surface area contributed by atoms with Crippen LogP contribution in [-0.4, -0.2) is 28.4 Å². The van der Waals surface area contributed by atoms with E-state index >= 15 is 0 Å². The fourth-order valence-electron chi connectivity index (χ4n) is 2.74. The number of imidazole rings is 1. The van der Waals surface area contributed by atoms with Crippen LogP contribution in [0.1, 0.15) is 16.8 Å². The molecule has 0 atom stereocenters. The maximum Gasteiger partial charge on any atom is 0.257 e. The van der Waals surface area contributed by atoms with Gasteiger partial charge in [-0.3, -0.25) is 4.79 Å². The molecule has 5 nitrogen and oxygen atoms in total. The smallest absolute Gasteiger partial charge is 0.257 e. The summed E-state index contributed by atoms with van der Waals surface area (Å²) in [5, 5.41) is 3.88. The molecule has 0 spiro atoms. The van der Waals surface area contributed by atoms with Crippen molar-refractivity contribution < 1.29 is 9.53 Å². The standard InChI is InChI=1S/C19H19Cl2N3O2/c1-12-4-3-5-13(2)18(12)26-11-17(25)22-7-6-15-10-24-9-14(20)8-16(21)19(24)23-15/h3-5,8-10H,6-7,11H2,1-2H3,(H,22,25). The van der Waals surface area contributed by atoms with Crippen LogP contribution in [0.15, 0.2) is 36.7 Å². The van der Waals surface area contributed by atoms with Crippen molar-refractivity contribution in [1.29, 1.82) is 0 Å². The number of nitrogens with one attached hydrogen (secondary N) is 1. The molecule has 0 saturated carbocycles. The lowest BCUT2D eigenvalue weighted by atomic mass is 10.1. The van der Waals surface area contributed by atoms with Crippen LogP contribution in [0.4, 0.5) is 0 Å². The highest BCUT2D eigenvalue weighted by molar-refractivity contribution is 6.36. The molecule has 136 valence electrons. The molecule has 3 rings (SSSR count). The Morgan fingerprint density at radius 2 is 1.96 bits per heavy atom. The topological polar surface area (TPSA) is 55.6 Å². The van der Waals surface area contributed by atoms with Gasteiger partial charge in [-0.25, -0.2) is 4.98 Å². The molecule has 0 aliphatic carbocycles. The van der Waals surface area contributed by atoms with E-state index < -0.39 is 0 Å². The predicted molar refractivity (Wildman–Crippen MR) is 103 cm³/mol. The fourth-order valence-corrected chi connectivity index (χ4v) is 3.27. The van der Waals surface area contributed by atoms with Gasteiger partial charge in [0.1, 0.15) is 5.75 Å². The number of hydrogen-bond acceptors (Lipinski definition) is 3. The highest BCUT2D eigenvalue weighted by Crippen LogP contribution is 2.22. The largest absolute Gasteiger partial charge is 0.483 e. The average molecular weight is 392 g/mol. The molecule has 26 heavy (non-hydrogen) atoms. The van der Waals surface area contributed by atoms with E-state index in [0.717, 1.165) is 22.6 Å². The van der Waals surface area contributed by atoms with Crippen molar-refractivity contribution in [2.45, 2.75) is 20.3 Å². The number of pyridine rings is 1. The highest BCUT2D eigenvalue weighted by Gasteiger charge is 2.09. The van der Waals surface area contributed by atoms with Crippen LogP contribution in [0.25, 0.3) is 5.65 Å². The summed E-state index contributed by atoms with van der Waals surface area (Å²) >= 11 is 12.1. The van der Waals surface area contributed by atoms with Crippen molar-refractivity contribution in [3.8, 4) is 5.75 Å². The molecule has 1 amide bonds. The molecule has 7 heteroatoms. The van der Waals surface area contributed by atoms with E-state index in [2.05, 4.69) is 10.3 Å². The summed E-state index contributed by atoms with van der Waals surface area (Å²) in [7, 11) is 0. The Bertz CT molecular complexity index is 933. The van der Waals surface area contributed by atoms with Gasteiger partial charge in [-0.2, -0.15) is 0 Å². The normalized spacial score (nSPS) is 10.9. The van der Waals surface area contributed by atoms with Crippen molar-refractivity contribution in [1.82, 2.24) is 14.7 Å². The zero-order valence-electron chi connectivity index (χ0n) is 14.6. The molecule has 0 bridgehead atoms. The molecule has 0 saturated heterocycles.